The lowest BCUT2D eigenvalue weighted by Gasteiger charge is -2.38. The minimum Gasteiger partial charge on any atom is -0.367 e. The Bertz CT molecular complexity index is 443. The topological polar surface area (TPSA) is 53.1 Å². The van der Waals surface area contributed by atoms with E-state index in [1.807, 2.05) is 0 Å². The number of nitrogens with two attached hydrogens (primary N) is 1. The molecule has 0 atom stereocenters. The smallest absolute Gasteiger partial charge is 0.0914 e. The standard InChI is InChI=1S/C17H29N3O/c1-14-6-9-17(13-18,10-7-14)21-12-15-8-11-20(19-15)16-4-2-3-5-16/h8,11,14,16H,2-7,9-10,12-13,18H2,1H3. The van der Waals surface area contributed by atoms with E-state index in [0.29, 0.717) is 19.2 Å². The fraction of sp³-hybridized carbons (Fsp3) is 0.824. The van der Waals surface area contributed by atoms with Crippen LogP contribution in [0.5, 0.6) is 0 Å². The van der Waals surface area contributed by atoms with Crippen molar-refractivity contribution in [2.75, 3.05) is 6.54 Å². The predicted molar refractivity (Wildman–Crippen MR) is 83.9 cm³/mol. The molecule has 0 amide bonds. The van der Waals surface area contributed by atoms with Gasteiger partial charge in [0.1, 0.15) is 0 Å². The maximum atomic E-state index is 6.23. The van der Waals surface area contributed by atoms with Gasteiger partial charge in [0.05, 0.1) is 23.9 Å². The first-order valence-corrected chi connectivity index (χ1v) is 8.59. The molecule has 2 fully saturated rings. The zero-order valence-corrected chi connectivity index (χ0v) is 13.3. The van der Waals surface area contributed by atoms with Gasteiger partial charge in [-0.2, -0.15) is 5.10 Å². The van der Waals surface area contributed by atoms with E-state index < -0.39 is 0 Å². The first-order chi connectivity index (χ1) is 10.2. The Hall–Kier alpha value is -0.870. The normalized spacial score (nSPS) is 30.9. The van der Waals surface area contributed by atoms with Crippen molar-refractivity contribution >= 4 is 0 Å². The number of hydrogen-bond donors (Lipinski definition) is 1. The van der Waals surface area contributed by atoms with Crippen LogP contribution in [0, 0.1) is 5.92 Å². The highest BCUT2D eigenvalue weighted by Crippen LogP contribution is 2.35. The van der Waals surface area contributed by atoms with E-state index in [1.54, 1.807) is 0 Å². The van der Waals surface area contributed by atoms with Crippen molar-refractivity contribution in [1.82, 2.24) is 9.78 Å². The molecule has 0 bridgehead atoms. The van der Waals surface area contributed by atoms with Crippen LogP contribution in [0.4, 0.5) is 0 Å². The molecule has 2 N–H and O–H groups in total. The van der Waals surface area contributed by atoms with Crippen LogP contribution in [0.2, 0.25) is 0 Å². The van der Waals surface area contributed by atoms with Crippen LogP contribution in [0.15, 0.2) is 12.3 Å². The van der Waals surface area contributed by atoms with E-state index in [4.69, 9.17) is 15.6 Å². The van der Waals surface area contributed by atoms with Crippen LogP contribution < -0.4 is 5.73 Å². The summed E-state index contributed by atoms with van der Waals surface area (Å²) >= 11 is 0. The molecule has 2 aliphatic carbocycles. The highest BCUT2D eigenvalue weighted by molar-refractivity contribution is 5.00. The summed E-state index contributed by atoms with van der Waals surface area (Å²) in [6.45, 7) is 3.55. The molecule has 4 nitrogen and oxygen atoms in total. The molecule has 1 heterocycles. The molecule has 2 saturated carbocycles. The average molecular weight is 291 g/mol. The Morgan fingerprint density at radius 3 is 2.67 bits per heavy atom. The third-order valence-corrected chi connectivity index (χ3v) is 5.45. The molecule has 118 valence electrons. The number of rotatable bonds is 5. The van der Waals surface area contributed by atoms with Crippen molar-refractivity contribution in [2.45, 2.75) is 76.5 Å². The Balaban J connectivity index is 1.56. The first-order valence-electron chi connectivity index (χ1n) is 8.59. The van der Waals surface area contributed by atoms with Gasteiger partial charge in [0.25, 0.3) is 0 Å². The van der Waals surface area contributed by atoms with Gasteiger partial charge in [-0.25, -0.2) is 0 Å². The second-order valence-corrected chi connectivity index (χ2v) is 7.08. The lowest BCUT2D eigenvalue weighted by molar-refractivity contribution is -0.0811. The lowest BCUT2D eigenvalue weighted by Crippen LogP contribution is -2.43. The van der Waals surface area contributed by atoms with E-state index in [9.17, 15) is 0 Å². The zero-order chi connectivity index (χ0) is 14.7. The largest absolute Gasteiger partial charge is 0.367 e. The van der Waals surface area contributed by atoms with Gasteiger partial charge in [-0.05, 0) is 50.5 Å². The maximum absolute atomic E-state index is 6.23. The van der Waals surface area contributed by atoms with E-state index in [0.717, 1.165) is 24.5 Å². The van der Waals surface area contributed by atoms with Gasteiger partial charge in [0, 0.05) is 12.7 Å². The van der Waals surface area contributed by atoms with E-state index in [2.05, 4.69) is 23.9 Å². The van der Waals surface area contributed by atoms with Crippen LogP contribution in [0.1, 0.15) is 70.0 Å². The van der Waals surface area contributed by atoms with Crippen molar-refractivity contribution in [3.8, 4) is 0 Å². The molecular formula is C17H29N3O. The Labute approximate surface area is 128 Å². The van der Waals surface area contributed by atoms with Crippen LogP contribution >= 0.6 is 0 Å². The van der Waals surface area contributed by atoms with Gasteiger partial charge in [0.2, 0.25) is 0 Å². The monoisotopic (exact) mass is 291 g/mol. The van der Waals surface area contributed by atoms with E-state index in [1.165, 1.54) is 38.5 Å². The quantitative estimate of drug-likeness (QED) is 0.904. The number of nitrogens with zero attached hydrogens (tertiary/aromatic N) is 2. The number of aromatic nitrogens is 2. The molecule has 0 spiro atoms. The van der Waals surface area contributed by atoms with Crippen LogP contribution in [-0.2, 0) is 11.3 Å². The molecule has 0 saturated heterocycles. The summed E-state index contributed by atoms with van der Waals surface area (Å²) in [5.74, 6) is 0.815. The molecule has 3 rings (SSSR count). The van der Waals surface area contributed by atoms with Crippen molar-refractivity contribution < 1.29 is 4.74 Å². The summed E-state index contributed by atoms with van der Waals surface area (Å²) in [6.07, 6.45) is 12.0. The first kappa shape index (κ1) is 15.0. The molecule has 0 aromatic carbocycles. The summed E-state index contributed by atoms with van der Waals surface area (Å²) in [4.78, 5) is 0. The molecule has 1 aromatic heterocycles. The summed E-state index contributed by atoms with van der Waals surface area (Å²) in [6, 6.07) is 2.71. The van der Waals surface area contributed by atoms with E-state index in [-0.39, 0.29) is 5.60 Å². The van der Waals surface area contributed by atoms with E-state index >= 15 is 0 Å². The van der Waals surface area contributed by atoms with Crippen LogP contribution in [0.3, 0.4) is 0 Å². The molecule has 2 aliphatic rings. The second kappa shape index (κ2) is 6.49. The fourth-order valence-electron chi connectivity index (χ4n) is 3.75. The average Bonchev–Trinajstić information content (AvgIpc) is 3.18. The van der Waals surface area contributed by atoms with Crippen molar-refractivity contribution in [1.29, 1.82) is 0 Å². The van der Waals surface area contributed by atoms with Crippen LogP contribution in [0.25, 0.3) is 0 Å². The van der Waals surface area contributed by atoms with Gasteiger partial charge in [0.15, 0.2) is 0 Å². The van der Waals surface area contributed by atoms with Gasteiger partial charge >= 0.3 is 0 Å². The third-order valence-electron chi connectivity index (χ3n) is 5.45. The number of hydrogen-bond acceptors (Lipinski definition) is 3. The Kier molecular flexibility index (Phi) is 4.65. The van der Waals surface area contributed by atoms with Gasteiger partial charge < -0.3 is 10.5 Å². The molecule has 4 heteroatoms. The minimum atomic E-state index is -0.107. The molecule has 21 heavy (non-hydrogen) atoms. The predicted octanol–water partition coefficient (Wildman–Crippen LogP) is 3.42. The summed E-state index contributed by atoms with van der Waals surface area (Å²) in [5, 5.41) is 4.71. The summed E-state index contributed by atoms with van der Waals surface area (Å²) < 4.78 is 8.37. The molecular weight excluding hydrogens is 262 g/mol. The minimum absolute atomic E-state index is 0.107. The Morgan fingerprint density at radius 1 is 1.29 bits per heavy atom. The maximum Gasteiger partial charge on any atom is 0.0914 e. The van der Waals surface area contributed by atoms with Crippen LogP contribution in [-0.4, -0.2) is 21.9 Å². The Morgan fingerprint density at radius 2 is 2.00 bits per heavy atom. The van der Waals surface area contributed by atoms with Gasteiger partial charge in [-0.3, -0.25) is 4.68 Å². The summed E-state index contributed by atoms with van der Waals surface area (Å²) in [5.41, 5.74) is 6.94. The van der Waals surface area contributed by atoms with Crippen molar-refractivity contribution in [3.63, 3.8) is 0 Å². The molecule has 0 radical (unpaired) electrons. The molecule has 1 aromatic rings. The molecule has 0 aliphatic heterocycles. The number of ether oxygens (including phenoxy) is 1. The SMILES string of the molecule is CC1CCC(CN)(OCc2ccn(C3CCCC3)n2)CC1. The summed E-state index contributed by atoms with van der Waals surface area (Å²) in [7, 11) is 0. The zero-order valence-electron chi connectivity index (χ0n) is 13.3. The van der Waals surface area contributed by atoms with Gasteiger partial charge in [-0.15, -0.1) is 0 Å². The molecule has 0 unspecified atom stereocenters. The second-order valence-electron chi connectivity index (χ2n) is 7.08. The third kappa shape index (κ3) is 3.49. The van der Waals surface area contributed by atoms with Gasteiger partial charge in [-0.1, -0.05) is 19.8 Å². The highest BCUT2D eigenvalue weighted by Gasteiger charge is 2.34. The fourth-order valence-corrected chi connectivity index (χ4v) is 3.75. The van der Waals surface area contributed by atoms with Crippen molar-refractivity contribution in [2.24, 2.45) is 11.7 Å². The highest BCUT2D eigenvalue weighted by atomic mass is 16.5. The lowest BCUT2D eigenvalue weighted by atomic mass is 9.79. The van der Waals surface area contributed by atoms with Crippen molar-refractivity contribution in [3.05, 3.63) is 18.0 Å².